The van der Waals surface area contributed by atoms with E-state index in [1.54, 1.807) is 0 Å². The zero-order valence-electron chi connectivity index (χ0n) is 13.0. The molecule has 2 nitrogen and oxygen atoms in total. The van der Waals surface area contributed by atoms with E-state index in [0.717, 1.165) is 29.6 Å². The summed E-state index contributed by atoms with van der Waals surface area (Å²) in [5.41, 5.74) is 8.34. The van der Waals surface area contributed by atoms with Crippen LogP contribution in [-0.2, 0) is 6.54 Å². The molecule has 1 atom stereocenters. The zero-order chi connectivity index (χ0) is 14.8. The maximum atomic E-state index is 6.42. The first-order valence-corrected chi connectivity index (χ1v) is 8.03. The summed E-state index contributed by atoms with van der Waals surface area (Å²) in [6, 6.07) is 6.22. The molecule has 3 heteroatoms. The minimum Gasteiger partial charge on any atom is -0.370 e. The Labute approximate surface area is 128 Å². The van der Waals surface area contributed by atoms with Gasteiger partial charge in [-0.3, -0.25) is 0 Å². The fourth-order valence-corrected chi connectivity index (χ4v) is 3.46. The molecule has 2 N–H and O–H groups in total. The number of anilines is 1. The summed E-state index contributed by atoms with van der Waals surface area (Å²) >= 11 is 6.42. The van der Waals surface area contributed by atoms with Gasteiger partial charge in [0.05, 0.1) is 10.7 Å². The summed E-state index contributed by atoms with van der Waals surface area (Å²) in [7, 11) is 0. The Bertz CT molecular complexity index is 451. The fourth-order valence-electron chi connectivity index (χ4n) is 3.14. The molecule has 1 fully saturated rings. The van der Waals surface area contributed by atoms with E-state index >= 15 is 0 Å². The SMILES string of the molecule is CC(C)(C)C1CCCN(c2ccc(CN)cc2Cl)CC1. The van der Waals surface area contributed by atoms with Gasteiger partial charge in [-0.05, 0) is 48.3 Å². The molecule has 0 bridgehead atoms. The van der Waals surface area contributed by atoms with Gasteiger partial charge in [-0.15, -0.1) is 0 Å². The maximum absolute atomic E-state index is 6.42. The van der Waals surface area contributed by atoms with E-state index in [0.29, 0.717) is 12.0 Å². The van der Waals surface area contributed by atoms with Crippen molar-refractivity contribution in [1.82, 2.24) is 0 Å². The van der Waals surface area contributed by atoms with Gasteiger partial charge in [0.15, 0.2) is 0 Å². The van der Waals surface area contributed by atoms with Gasteiger partial charge in [0.2, 0.25) is 0 Å². The van der Waals surface area contributed by atoms with Gasteiger partial charge in [-0.25, -0.2) is 0 Å². The summed E-state index contributed by atoms with van der Waals surface area (Å²) < 4.78 is 0. The highest BCUT2D eigenvalue weighted by molar-refractivity contribution is 6.33. The van der Waals surface area contributed by atoms with Crippen LogP contribution in [-0.4, -0.2) is 13.1 Å². The Kier molecular flexibility index (Phi) is 4.98. The van der Waals surface area contributed by atoms with Crippen molar-refractivity contribution in [2.24, 2.45) is 17.1 Å². The molecule has 1 aliphatic heterocycles. The van der Waals surface area contributed by atoms with Gasteiger partial charge in [0.1, 0.15) is 0 Å². The predicted octanol–water partition coefficient (Wildman–Crippen LogP) is 4.45. The molecular formula is C17H27ClN2. The third-order valence-corrected chi connectivity index (χ3v) is 4.84. The van der Waals surface area contributed by atoms with Gasteiger partial charge in [-0.2, -0.15) is 0 Å². The van der Waals surface area contributed by atoms with Crippen molar-refractivity contribution < 1.29 is 0 Å². The molecule has 1 saturated heterocycles. The summed E-state index contributed by atoms with van der Waals surface area (Å²) in [6.45, 7) is 9.83. The van der Waals surface area contributed by atoms with E-state index in [1.165, 1.54) is 24.9 Å². The first kappa shape index (κ1) is 15.7. The van der Waals surface area contributed by atoms with Crippen LogP contribution in [0.1, 0.15) is 45.6 Å². The van der Waals surface area contributed by atoms with Crippen LogP contribution in [0.5, 0.6) is 0 Å². The highest BCUT2D eigenvalue weighted by Crippen LogP contribution is 2.36. The summed E-state index contributed by atoms with van der Waals surface area (Å²) in [6.07, 6.45) is 3.81. The van der Waals surface area contributed by atoms with Gasteiger partial charge >= 0.3 is 0 Å². The lowest BCUT2D eigenvalue weighted by molar-refractivity contribution is 0.220. The molecule has 1 heterocycles. The monoisotopic (exact) mass is 294 g/mol. The molecule has 0 amide bonds. The van der Waals surface area contributed by atoms with E-state index < -0.39 is 0 Å². The summed E-state index contributed by atoms with van der Waals surface area (Å²) in [5.74, 6) is 0.801. The van der Waals surface area contributed by atoms with Crippen molar-refractivity contribution >= 4 is 17.3 Å². The Hall–Kier alpha value is -0.730. The number of nitrogens with zero attached hydrogens (tertiary/aromatic N) is 1. The van der Waals surface area contributed by atoms with Crippen LogP contribution in [0.3, 0.4) is 0 Å². The smallest absolute Gasteiger partial charge is 0.0642 e. The molecule has 1 aromatic carbocycles. The number of benzene rings is 1. The lowest BCUT2D eigenvalue weighted by Gasteiger charge is -2.30. The quantitative estimate of drug-likeness (QED) is 0.873. The lowest BCUT2D eigenvalue weighted by atomic mass is 9.77. The van der Waals surface area contributed by atoms with Gasteiger partial charge in [0.25, 0.3) is 0 Å². The second kappa shape index (κ2) is 6.36. The molecule has 2 rings (SSSR count). The molecule has 0 spiro atoms. The highest BCUT2D eigenvalue weighted by atomic mass is 35.5. The number of hydrogen-bond acceptors (Lipinski definition) is 2. The molecule has 0 saturated carbocycles. The van der Waals surface area contributed by atoms with E-state index in [-0.39, 0.29) is 0 Å². The van der Waals surface area contributed by atoms with Crippen LogP contribution in [0.25, 0.3) is 0 Å². The first-order chi connectivity index (χ1) is 9.41. The van der Waals surface area contributed by atoms with Crippen LogP contribution in [0.2, 0.25) is 5.02 Å². The van der Waals surface area contributed by atoms with E-state index in [1.807, 2.05) is 6.07 Å². The van der Waals surface area contributed by atoms with Crippen molar-refractivity contribution in [1.29, 1.82) is 0 Å². The normalized spacial score (nSPS) is 20.9. The molecular weight excluding hydrogens is 268 g/mol. The standard InChI is InChI=1S/C17H27ClN2/c1-17(2,3)14-5-4-9-20(10-8-14)16-7-6-13(12-19)11-15(16)18/h6-7,11,14H,4-5,8-10,12,19H2,1-3H3. The van der Waals surface area contributed by atoms with Crippen molar-refractivity contribution in [3.8, 4) is 0 Å². The topological polar surface area (TPSA) is 29.3 Å². The Morgan fingerprint density at radius 3 is 2.60 bits per heavy atom. The predicted molar refractivity (Wildman–Crippen MR) is 88.4 cm³/mol. The van der Waals surface area contributed by atoms with Gasteiger partial charge in [-0.1, -0.05) is 38.4 Å². The minimum atomic E-state index is 0.406. The molecule has 1 unspecified atom stereocenters. The molecule has 1 aliphatic rings. The summed E-state index contributed by atoms with van der Waals surface area (Å²) in [5, 5.41) is 0.835. The summed E-state index contributed by atoms with van der Waals surface area (Å²) in [4.78, 5) is 2.44. The van der Waals surface area contributed by atoms with Crippen molar-refractivity contribution in [2.45, 2.75) is 46.6 Å². The molecule has 112 valence electrons. The maximum Gasteiger partial charge on any atom is 0.0642 e. The molecule has 20 heavy (non-hydrogen) atoms. The third kappa shape index (κ3) is 3.67. The van der Waals surface area contributed by atoms with Gasteiger partial charge < -0.3 is 10.6 Å². The number of hydrogen-bond donors (Lipinski definition) is 1. The van der Waals surface area contributed by atoms with Crippen molar-refractivity contribution in [2.75, 3.05) is 18.0 Å². The highest BCUT2D eigenvalue weighted by Gasteiger charge is 2.27. The second-order valence-corrected chi connectivity index (χ2v) is 7.38. The third-order valence-electron chi connectivity index (χ3n) is 4.54. The van der Waals surface area contributed by atoms with Crippen molar-refractivity contribution in [3.63, 3.8) is 0 Å². The zero-order valence-corrected chi connectivity index (χ0v) is 13.7. The molecule has 1 aromatic rings. The van der Waals surface area contributed by atoms with E-state index in [9.17, 15) is 0 Å². The van der Waals surface area contributed by atoms with Crippen molar-refractivity contribution in [3.05, 3.63) is 28.8 Å². The number of rotatable bonds is 2. The van der Waals surface area contributed by atoms with Crippen LogP contribution in [0, 0.1) is 11.3 Å². The van der Waals surface area contributed by atoms with Crippen LogP contribution in [0.15, 0.2) is 18.2 Å². The van der Waals surface area contributed by atoms with Crippen LogP contribution >= 0.6 is 11.6 Å². The Morgan fingerprint density at radius 1 is 1.25 bits per heavy atom. The second-order valence-electron chi connectivity index (χ2n) is 6.97. The molecule has 0 radical (unpaired) electrons. The van der Waals surface area contributed by atoms with Crippen LogP contribution < -0.4 is 10.6 Å². The average Bonchev–Trinajstić information content (AvgIpc) is 2.63. The lowest BCUT2D eigenvalue weighted by Crippen LogP contribution is -2.26. The van der Waals surface area contributed by atoms with Gasteiger partial charge in [0, 0.05) is 19.6 Å². The molecule has 0 aliphatic carbocycles. The largest absolute Gasteiger partial charge is 0.370 e. The Morgan fingerprint density at radius 2 is 2.00 bits per heavy atom. The number of halogens is 1. The molecule has 0 aromatic heterocycles. The minimum absolute atomic E-state index is 0.406. The number of nitrogens with two attached hydrogens (primary N) is 1. The Balaban J connectivity index is 2.11. The van der Waals surface area contributed by atoms with Crippen LogP contribution in [0.4, 0.5) is 5.69 Å². The van der Waals surface area contributed by atoms with E-state index in [2.05, 4.69) is 37.8 Å². The fraction of sp³-hybridized carbons (Fsp3) is 0.647. The average molecular weight is 295 g/mol. The first-order valence-electron chi connectivity index (χ1n) is 7.65. The van der Waals surface area contributed by atoms with E-state index in [4.69, 9.17) is 17.3 Å².